The minimum atomic E-state index is 0.858. The summed E-state index contributed by atoms with van der Waals surface area (Å²) in [6.45, 7) is 10.3. The van der Waals surface area contributed by atoms with Crippen LogP contribution in [0.15, 0.2) is 18.2 Å². The lowest BCUT2D eigenvalue weighted by Crippen LogP contribution is -2.36. The van der Waals surface area contributed by atoms with E-state index in [0.29, 0.717) is 0 Å². The topological polar surface area (TPSA) is 15.7 Å². The van der Waals surface area contributed by atoms with E-state index in [1.165, 1.54) is 29.7 Å². The summed E-state index contributed by atoms with van der Waals surface area (Å²) in [6, 6.07) is 6.89. The number of ether oxygens (including phenoxy) is 1. The number of rotatable bonds is 2. The molecule has 0 bridgehead atoms. The third kappa shape index (κ3) is 3.97. The molecule has 2 aliphatic heterocycles. The van der Waals surface area contributed by atoms with Crippen molar-refractivity contribution in [1.29, 1.82) is 0 Å². The van der Waals surface area contributed by atoms with Crippen LogP contribution in [0.1, 0.15) is 37.8 Å². The fourth-order valence-corrected chi connectivity index (χ4v) is 2.57. The van der Waals surface area contributed by atoms with Gasteiger partial charge in [0.25, 0.3) is 0 Å². The highest BCUT2D eigenvalue weighted by molar-refractivity contribution is 5.52. The van der Waals surface area contributed by atoms with Gasteiger partial charge in [-0.1, -0.05) is 32.8 Å². The molecular weight excluding hydrogens is 248 g/mol. The molecule has 2 heterocycles. The Morgan fingerprint density at radius 1 is 1.00 bits per heavy atom. The van der Waals surface area contributed by atoms with Gasteiger partial charge >= 0.3 is 0 Å². The molecule has 112 valence electrons. The van der Waals surface area contributed by atoms with Crippen LogP contribution >= 0.6 is 0 Å². The summed E-state index contributed by atoms with van der Waals surface area (Å²) in [4.78, 5) is 4.77. The first-order valence-electron chi connectivity index (χ1n) is 7.87. The van der Waals surface area contributed by atoms with Gasteiger partial charge in [0.05, 0.1) is 13.2 Å². The molecule has 0 atom stereocenters. The molecule has 0 unspecified atom stereocenters. The van der Waals surface area contributed by atoms with Gasteiger partial charge in [-0.05, 0) is 30.3 Å². The van der Waals surface area contributed by atoms with Crippen LogP contribution < -0.4 is 4.90 Å². The molecule has 0 aromatic heterocycles. The Morgan fingerprint density at radius 3 is 2.30 bits per heavy atom. The van der Waals surface area contributed by atoms with Crippen LogP contribution in [0.2, 0.25) is 0 Å². The zero-order valence-electron chi connectivity index (χ0n) is 13.2. The first kappa shape index (κ1) is 15.3. The number of unbranched alkanes of at least 4 members (excludes halogenated alkanes) is 1. The van der Waals surface area contributed by atoms with Gasteiger partial charge in [-0.3, -0.25) is 4.90 Å². The van der Waals surface area contributed by atoms with E-state index in [-0.39, 0.29) is 0 Å². The van der Waals surface area contributed by atoms with Crippen LogP contribution in [-0.4, -0.2) is 38.3 Å². The molecule has 0 aliphatic carbocycles. The van der Waals surface area contributed by atoms with Crippen LogP contribution in [0.4, 0.5) is 5.69 Å². The van der Waals surface area contributed by atoms with Crippen molar-refractivity contribution in [2.24, 2.45) is 0 Å². The Balaban J connectivity index is 0.000000328. The molecule has 0 radical (unpaired) electrons. The van der Waals surface area contributed by atoms with E-state index in [4.69, 9.17) is 4.74 Å². The summed E-state index contributed by atoms with van der Waals surface area (Å²) in [5.41, 5.74) is 4.34. The molecule has 0 saturated carbocycles. The lowest BCUT2D eigenvalue weighted by molar-refractivity contribution is 0.122. The molecule has 3 rings (SSSR count). The van der Waals surface area contributed by atoms with E-state index >= 15 is 0 Å². The lowest BCUT2D eigenvalue weighted by Gasteiger charge is -2.29. The van der Waals surface area contributed by atoms with E-state index < -0.39 is 0 Å². The summed E-state index contributed by atoms with van der Waals surface area (Å²) in [5.74, 6) is 0. The van der Waals surface area contributed by atoms with Crippen molar-refractivity contribution >= 4 is 5.69 Å². The van der Waals surface area contributed by atoms with Crippen LogP contribution in [0.3, 0.4) is 0 Å². The third-order valence-corrected chi connectivity index (χ3v) is 3.95. The first-order valence-corrected chi connectivity index (χ1v) is 7.87. The standard InChI is InChI=1S/C13H18N2O.C4H10/c1-14-9-11-2-3-13(8-12(11)10-14)15-4-6-16-7-5-15;1-3-4-2/h2-3,8H,4-7,9-10H2,1H3;3-4H2,1-2H3. The predicted octanol–water partition coefficient (Wildman–Crippen LogP) is 3.28. The van der Waals surface area contributed by atoms with Crippen molar-refractivity contribution < 1.29 is 4.74 Å². The monoisotopic (exact) mass is 276 g/mol. The van der Waals surface area contributed by atoms with Crippen molar-refractivity contribution in [2.45, 2.75) is 39.8 Å². The second kappa shape index (κ2) is 7.65. The van der Waals surface area contributed by atoms with Gasteiger partial charge in [0.2, 0.25) is 0 Å². The first-order chi connectivity index (χ1) is 9.74. The molecule has 1 aromatic carbocycles. The van der Waals surface area contributed by atoms with Gasteiger partial charge in [-0.25, -0.2) is 0 Å². The number of nitrogens with zero attached hydrogens (tertiary/aromatic N) is 2. The summed E-state index contributed by atoms with van der Waals surface area (Å²) in [6.07, 6.45) is 2.64. The summed E-state index contributed by atoms with van der Waals surface area (Å²) in [5, 5.41) is 0. The number of hydrogen-bond acceptors (Lipinski definition) is 3. The van der Waals surface area contributed by atoms with Gasteiger partial charge in [0.15, 0.2) is 0 Å². The minimum absolute atomic E-state index is 0.858. The molecule has 1 aromatic rings. The number of hydrogen-bond donors (Lipinski definition) is 0. The molecule has 3 nitrogen and oxygen atoms in total. The van der Waals surface area contributed by atoms with Crippen LogP contribution in [0.5, 0.6) is 0 Å². The molecule has 1 fully saturated rings. The van der Waals surface area contributed by atoms with Crippen LogP contribution in [0.25, 0.3) is 0 Å². The van der Waals surface area contributed by atoms with E-state index in [0.717, 1.165) is 39.4 Å². The molecule has 2 aliphatic rings. The predicted molar refractivity (Wildman–Crippen MR) is 85.2 cm³/mol. The largest absolute Gasteiger partial charge is 0.378 e. The average Bonchev–Trinajstić information content (AvgIpc) is 2.87. The second-order valence-corrected chi connectivity index (χ2v) is 5.72. The highest BCUT2D eigenvalue weighted by atomic mass is 16.5. The number of anilines is 1. The van der Waals surface area contributed by atoms with Crippen molar-refractivity contribution in [2.75, 3.05) is 38.3 Å². The van der Waals surface area contributed by atoms with Crippen molar-refractivity contribution in [1.82, 2.24) is 4.90 Å². The van der Waals surface area contributed by atoms with Crippen LogP contribution in [-0.2, 0) is 17.8 Å². The van der Waals surface area contributed by atoms with Crippen molar-refractivity contribution in [3.8, 4) is 0 Å². The minimum Gasteiger partial charge on any atom is -0.378 e. The van der Waals surface area contributed by atoms with Gasteiger partial charge in [0.1, 0.15) is 0 Å². The molecule has 0 N–H and O–H groups in total. The molecular formula is C17H28N2O. The molecule has 3 heteroatoms. The summed E-state index contributed by atoms with van der Waals surface area (Å²) in [7, 11) is 2.18. The zero-order chi connectivity index (χ0) is 14.4. The van der Waals surface area contributed by atoms with Gasteiger partial charge in [0, 0.05) is 31.9 Å². The normalized spacial score (nSPS) is 18.4. The molecule has 0 spiro atoms. The van der Waals surface area contributed by atoms with Crippen LogP contribution in [0, 0.1) is 0 Å². The smallest absolute Gasteiger partial charge is 0.0642 e. The van der Waals surface area contributed by atoms with Gasteiger partial charge < -0.3 is 9.64 Å². The Bertz CT molecular complexity index is 411. The van der Waals surface area contributed by atoms with E-state index in [2.05, 4.69) is 48.9 Å². The number of morpholine rings is 1. The fourth-order valence-electron chi connectivity index (χ4n) is 2.57. The van der Waals surface area contributed by atoms with E-state index in [9.17, 15) is 0 Å². The van der Waals surface area contributed by atoms with E-state index in [1.807, 2.05) is 0 Å². The summed E-state index contributed by atoms with van der Waals surface area (Å²) >= 11 is 0. The Kier molecular flexibility index (Phi) is 5.86. The van der Waals surface area contributed by atoms with Gasteiger partial charge in [-0.15, -0.1) is 0 Å². The number of fused-ring (bicyclic) bond motifs is 1. The molecule has 1 saturated heterocycles. The number of benzene rings is 1. The van der Waals surface area contributed by atoms with Crippen molar-refractivity contribution in [3.63, 3.8) is 0 Å². The maximum Gasteiger partial charge on any atom is 0.0642 e. The quantitative estimate of drug-likeness (QED) is 0.824. The van der Waals surface area contributed by atoms with Gasteiger partial charge in [-0.2, -0.15) is 0 Å². The highest BCUT2D eigenvalue weighted by Crippen LogP contribution is 2.26. The Hall–Kier alpha value is -1.06. The lowest BCUT2D eigenvalue weighted by atomic mass is 10.1. The molecule has 20 heavy (non-hydrogen) atoms. The Morgan fingerprint density at radius 2 is 1.65 bits per heavy atom. The SMILES string of the molecule is CCCC.CN1Cc2ccc(N3CCOCC3)cc2C1. The maximum absolute atomic E-state index is 5.38. The fraction of sp³-hybridized carbons (Fsp3) is 0.647. The molecule has 0 amide bonds. The zero-order valence-corrected chi connectivity index (χ0v) is 13.2. The van der Waals surface area contributed by atoms with E-state index in [1.54, 1.807) is 0 Å². The summed E-state index contributed by atoms with van der Waals surface area (Å²) < 4.78 is 5.38. The maximum atomic E-state index is 5.38. The van der Waals surface area contributed by atoms with Crippen molar-refractivity contribution in [3.05, 3.63) is 29.3 Å². The second-order valence-electron chi connectivity index (χ2n) is 5.72. The Labute approximate surface area is 123 Å². The third-order valence-electron chi connectivity index (χ3n) is 3.95. The average molecular weight is 276 g/mol. The highest BCUT2D eigenvalue weighted by Gasteiger charge is 2.18.